The molecule has 0 bridgehead atoms. The monoisotopic (exact) mass is 409 g/mol. The SMILES string of the molecule is Brc1ccc(OCCC2(c3cccc(Br)c3)CNC2)cc1. The summed E-state index contributed by atoms with van der Waals surface area (Å²) in [4.78, 5) is 0. The normalized spacial score (nSPS) is 16.3. The first-order valence-electron chi connectivity index (χ1n) is 7.03. The summed E-state index contributed by atoms with van der Waals surface area (Å²) in [5.74, 6) is 0.926. The van der Waals surface area contributed by atoms with E-state index in [9.17, 15) is 0 Å². The number of nitrogens with one attached hydrogen (secondary N) is 1. The van der Waals surface area contributed by atoms with Crippen LogP contribution >= 0.6 is 31.9 Å². The van der Waals surface area contributed by atoms with Crippen molar-refractivity contribution in [2.45, 2.75) is 11.8 Å². The van der Waals surface area contributed by atoms with Crippen molar-refractivity contribution < 1.29 is 4.74 Å². The zero-order chi connectivity index (χ0) is 14.7. The highest BCUT2D eigenvalue weighted by Gasteiger charge is 2.38. The van der Waals surface area contributed by atoms with Crippen LogP contribution in [0.5, 0.6) is 5.75 Å². The van der Waals surface area contributed by atoms with Gasteiger partial charge in [-0.2, -0.15) is 0 Å². The average molecular weight is 411 g/mol. The summed E-state index contributed by atoms with van der Waals surface area (Å²) in [6.45, 7) is 2.77. The molecule has 21 heavy (non-hydrogen) atoms. The van der Waals surface area contributed by atoms with E-state index in [-0.39, 0.29) is 5.41 Å². The second kappa shape index (κ2) is 6.51. The summed E-state index contributed by atoms with van der Waals surface area (Å²) in [5, 5.41) is 3.40. The van der Waals surface area contributed by atoms with Crippen molar-refractivity contribution in [3.63, 3.8) is 0 Å². The van der Waals surface area contributed by atoms with Crippen LogP contribution < -0.4 is 10.1 Å². The molecule has 0 amide bonds. The molecule has 1 saturated heterocycles. The van der Waals surface area contributed by atoms with Crippen LogP contribution in [-0.2, 0) is 5.41 Å². The molecule has 0 radical (unpaired) electrons. The Morgan fingerprint density at radius 2 is 1.76 bits per heavy atom. The van der Waals surface area contributed by atoms with Crippen molar-refractivity contribution in [2.24, 2.45) is 0 Å². The molecule has 0 aliphatic carbocycles. The second-order valence-electron chi connectivity index (χ2n) is 5.45. The molecule has 1 heterocycles. The van der Waals surface area contributed by atoms with E-state index in [0.717, 1.165) is 40.8 Å². The number of hydrogen-bond acceptors (Lipinski definition) is 2. The molecule has 1 aliphatic rings. The zero-order valence-electron chi connectivity index (χ0n) is 11.6. The summed E-state index contributed by atoms with van der Waals surface area (Å²) >= 11 is 7.00. The lowest BCUT2D eigenvalue weighted by molar-refractivity contribution is 0.199. The smallest absolute Gasteiger partial charge is 0.119 e. The molecule has 0 spiro atoms. The largest absolute Gasteiger partial charge is 0.494 e. The zero-order valence-corrected chi connectivity index (χ0v) is 14.8. The summed E-state index contributed by atoms with van der Waals surface area (Å²) < 4.78 is 8.10. The predicted molar refractivity (Wildman–Crippen MR) is 92.9 cm³/mol. The molecule has 1 N–H and O–H groups in total. The number of rotatable bonds is 5. The van der Waals surface area contributed by atoms with Gasteiger partial charge in [0.1, 0.15) is 5.75 Å². The maximum absolute atomic E-state index is 5.88. The van der Waals surface area contributed by atoms with E-state index in [1.807, 2.05) is 24.3 Å². The highest BCUT2D eigenvalue weighted by molar-refractivity contribution is 9.10. The van der Waals surface area contributed by atoms with Crippen molar-refractivity contribution in [3.05, 3.63) is 63.0 Å². The molecule has 1 aliphatic heterocycles. The average Bonchev–Trinajstić information content (AvgIpc) is 2.44. The standard InChI is InChI=1S/C17H17Br2NO/c18-14-4-6-16(7-5-14)21-9-8-17(11-20-12-17)13-2-1-3-15(19)10-13/h1-7,10,20H,8-9,11-12H2. The van der Waals surface area contributed by atoms with Gasteiger partial charge in [0.15, 0.2) is 0 Å². The molecule has 4 heteroatoms. The Balaban J connectivity index is 1.63. The van der Waals surface area contributed by atoms with Gasteiger partial charge >= 0.3 is 0 Å². The minimum Gasteiger partial charge on any atom is -0.494 e. The molecule has 0 saturated carbocycles. The van der Waals surface area contributed by atoms with Crippen molar-refractivity contribution in [1.82, 2.24) is 5.32 Å². The predicted octanol–water partition coefficient (Wildman–Crippen LogP) is 4.52. The lowest BCUT2D eigenvalue weighted by Crippen LogP contribution is -2.57. The molecule has 2 nitrogen and oxygen atoms in total. The molecule has 0 unspecified atom stereocenters. The third-order valence-corrected chi connectivity index (χ3v) is 5.05. The Kier molecular flexibility index (Phi) is 4.67. The number of halogens is 2. The molecule has 2 aromatic carbocycles. The van der Waals surface area contributed by atoms with Gasteiger partial charge in [0.2, 0.25) is 0 Å². The first-order chi connectivity index (χ1) is 10.2. The van der Waals surface area contributed by atoms with Gasteiger partial charge < -0.3 is 10.1 Å². The van der Waals surface area contributed by atoms with Gasteiger partial charge in [-0.3, -0.25) is 0 Å². The highest BCUT2D eigenvalue weighted by atomic mass is 79.9. The van der Waals surface area contributed by atoms with E-state index in [1.165, 1.54) is 5.56 Å². The molecule has 1 fully saturated rings. The van der Waals surface area contributed by atoms with E-state index in [4.69, 9.17) is 4.74 Å². The molecule has 0 atom stereocenters. The minimum atomic E-state index is 0.207. The summed E-state index contributed by atoms with van der Waals surface area (Å²) in [7, 11) is 0. The summed E-state index contributed by atoms with van der Waals surface area (Å²) in [6, 6.07) is 16.6. The Morgan fingerprint density at radius 1 is 1.00 bits per heavy atom. The van der Waals surface area contributed by atoms with Gasteiger partial charge in [0.05, 0.1) is 6.61 Å². The third-order valence-electron chi connectivity index (χ3n) is 4.03. The summed E-state index contributed by atoms with van der Waals surface area (Å²) in [6.07, 6.45) is 1.02. The van der Waals surface area contributed by atoms with Gasteiger partial charge in [-0.05, 0) is 48.4 Å². The Hall–Kier alpha value is -0.840. The van der Waals surface area contributed by atoms with Gasteiger partial charge in [-0.25, -0.2) is 0 Å². The molecule has 0 aromatic heterocycles. The molecular formula is C17H17Br2NO. The molecule has 2 aromatic rings. The fourth-order valence-electron chi connectivity index (χ4n) is 2.67. The van der Waals surface area contributed by atoms with Crippen LogP contribution in [0.2, 0.25) is 0 Å². The summed E-state index contributed by atoms with van der Waals surface area (Å²) in [5.41, 5.74) is 1.59. The Morgan fingerprint density at radius 3 is 2.38 bits per heavy atom. The van der Waals surface area contributed by atoms with Crippen molar-refractivity contribution in [2.75, 3.05) is 19.7 Å². The van der Waals surface area contributed by atoms with Crippen molar-refractivity contribution >= 4 is 31.9 Å². The van der Waals surface area contributed by atoms with Crippen LogP contribution in [0, 0.1) is 0 Å². The molecule has 110 valence electrons. The molecule has 3 rings (SSSR count). The maximum Gasteiger partial charge on any atom is 0.119 e. The Bertz CT molecular complexity index is 608. The number of hydrogen-bond donors (Lipinski definition) is 1. The van der Waals surface area contributed by atoms with E-state index < -0.39 is 0 Å². The van der Waals surface area contributed by atoms with Crippen LogP contribution in [0.3, 0.4) is 0 Å². The van der Waals surface area contributed by atoms with Gasteiger partial charge in [-0.15, -0.1) is 0 Å². The van der Waals surface area contributed by atoms with Crippen LogP contribution in [0.15, 0.2) is 57.5 Å². The quantitative estimate of drug-likeness (QED) is 0.782. The van der Waals surface area contributed by atoms with Crippen molar-refractivity contribution in [3.8, 4) is 5.75 Å². The van der Waals surface area contributed by atoms with Crippen LogP contribution in [0.4, 0.5) is 0 Å². The Labute approximate surface area is 142 Å². The van der Waals surface area contributed by atoms with E-state index in [2.05, 4.69) is 61.4 Å². The number of ether oxygens (including phenoxy) is 1. The highest BCUT2D eigenvalue weighted by Crippen LogP contribution is 2.33. The topological polar surface area (TPSA) is 21.3 Å². The fraction of sp³-hybridized carbons (Fsp3) is 0.294. The minimum absolute atomic E-state index is 0.207. The van der Waals surface area contributed by atoms with E-state index in [0.29, 0.717) is 0 Å². The lowest BCUT2D eigenvalue weighted by Gasteiger charge is -2.43. The first kappa shape index (κ1) is 15.1. The fourth-order valence-corrected chi connectivity index (χ4v) is 3.33. The molecular weight excluding hydrogens is 394 g/mol. The maximum atomic E-state index is 5.88. The van der Waals surface area contributed by atoms with Crippen LogP contribution in [0.25, 0.3) is 0 Å². The third kappa shape index (κ3) is 3.50. The first-order valence-corrected chi connectivity index (χ1v) is 8.62. The lowest BCUT2D eigenvalue weighted by atomic mass is 9.73. The van der Waals surface area contributed by atoms with Gasteiger partial charge in [-0.1, -0.05) is 44.0 Å². The van der Waals surface area contributed by atoms with E-state index >= 15 is 0 Å². The van der Waals surface area contributed by atoms with Crippen LogP contribution in [0.1, 0.15) is 12.0 Å². The van der Waals surface area contributed by atoms with Gasteiger partial charge in [0, 0.05) is 27.4 Å². The van der Waals surface area contributed by atoms with Crippen LogP contribution in [-0.4, -0.2) is 19.7 Å². The second-order valence-corrected chi connectivity index (χ2v) is 7.28. The number of benzene rings is 2. The van der Waals surface area contributed by atoms with E-state index in [1.54, 1.807) is 0 Å². The van der Waals surface area contributed by atoms with Gasteiger partial charge in [0.25, 0.3) is 0 Å². The van der Waals surface area contributed by atoms with Crippen molar-refractivity contribution in [1.29, 1.82) is 0 Å².